The first-order valence-electron chi connectivity index (χ1n) is 9.58. The second-order valence-electron chi connectivity index (χ2n) is 7.87. The number of amides is 2. The van der Waals surface area contributed by atoms with Crippen molar-refractivity contribution in [3.8, 4) is 5.69 Å². The monoisotopic (exact) mass is 430 g/mol. The molecule has 0 unspecified atom stereocenters. The summed E-state index contributed by atoms with van der Waals surface area (Å²) < 4.78 is 25.9. The molecule has 158 valence electrons. The number of hydrogen-bond donors (Lipinski definition) is 2. The fourth-order valence-corrected chi connectivity index (χ4v) is 4.88. The Morgan fingerprint density at radius 2 is 1.73 bits per heavy atom. The van der Waals surface area contributed by atoms with E-state index in [0.717, 1.165) is 29.7 Å². The van der Waals surface area contributed by atoms with Crippen LogP contribution >= 0.6 is 0 Å². The van der Waals surface area contributed by atoms with E-state index in [2.05, 4.69) is 12.2 Å². The standard InChI is InChI=1S/C20H22N4O5S/c1-11-5-7-23(8-6-11)14-9-12(3-4-15(14)30(2,28)29)24-16(25)10-13-17(18(24)21)20(27)22-19(13)26/h3-4,9-11H,5-8,21H2,1-2H3,(H,22,26,27). The molecule has 0 spiro atoms. The minimum Gasteiger partial charge on any atom is -0.384 e. The first kappa shape index (κ1) is 20.1. The van der Waals surface area contributed by atoms with Crippen LogP contribution in [-0.4, -0.2) is 44.1 Å². The van der Waals surface area contributed by atoms with Crippen molar-refractivity contribution in [1.29, 1.82) is 0 Å². The van der Waals surface area contributed by atoms with Crippen LogP contribution in [0, 0.1) is 5.92 Å². The highest BCUT2D eigenvalue weighted by Gasteiger charge is 2.32. The molecule has 1 fully saturated rings. The summed E-state index contributed by atoms with van der Waals surface area (Å²) in [5.74, 6) is -0.941. The number of fused-ring (bicyclic) bond motifs is 1. The summed E-state index contributed by atoms with van der Waals surface area (Å²) in [6.07, 6.45) is 3.00. The number of carbonyl (C=O) groups excluding carboxylic acids is 2. The fourth-order valence-electron chi connectivity index (χ4n) is 4.00. The molecule has 2 aromatic rings. The number of nitrogens with two attached hydrogens (primary N) is 1. The fraction of sp³-hybridized carbons (Fsp3) is 0.350. The zero-order chi connectivity index (χ0) is 21.8. The van der Waals surface area contributed by atoms with E-state index < -0.39 is 27.2 Å². The molecule has 30 heavy (non-hydrogen) atoms. The number of nitrogen functional groups attached to an aromatic ring is 1. The number of sulfone groups is 1. The van der Waals surface area contributed by atoms with Gasteiger partial charge in [-0.2, -0.15) is 0 Å². The number of hydrogen-bond acceptors (Lipinski definition) is 7. The number of nitrogens with one attached hydrogen (secondary N) is 1. The molecule has 9 nitrogen and oxygen atoms in total. The lowest BCUT2D eigenvalue weighted by molar-refractivity contribution is 0.0880. The van der Waals surface area contributed by atoms with Crippen molar-refractivity contribution < 1.29 is 18.0 Å². The number of carbonyl (C=O) groups is 2. The number of piperidine rings is 1. The molecule has 2 amide bonds. The molecular formula is C20H22N4O5S. The summed E-state index contributed by atoms with van der Waals surface area (Å²) in [6.45, 7) is 3.54. The van der Waals surface area contributed by atoms with E-state index in [1.165, 1.54) is 12.1 Å². The smallest absolute Gasteiger partial charge is 0.262 e. The maximum absolute atomic E-state index is 12.7. The molecule has 2 aliphatic heterocycles. The van der Waals surface area contributed by atoms with Gasteiger partial charge < -0.3 is 10.6 Å². The van der Waals surface area contributed by atoms with Crippen molar-refractivity contribution in [2.45, 2.75) is 24.7 Å². The van der Waals surface area contributed by atoms with E-state index in [1.807, 2.05) is 4.90 Å². The number of benzene rings is 1. The summed E-state index contributed by atoms with van der Waals surface area (Å²) >= 11 is 0. The van der Waals surface area contributed by atoms with Gasteiger partial charge in [-0.05, 0) is 37.0 Å². The van der Waals surface area contributed by atoms with Crippen molar-refractivity contribution in [3.05, 3.63) is 45.7 Å². The van der Waals surface area contributed by atoms with Crippen molar-refractivity contribution >= 4 is 33.2 Å². The van der Waals surface area contributed by atoms with Gasteiger partial charge in [0.05, 0.1) is 27.4 Å². The highest BCUT2D eigenvalue weighted by atomic mass is 32.2. The quantitative estimate of drug-likeness (QED) is 0.693. The molecule has 2 aliphatic rings. The Bertz CT molecular complexity index is 1240. The molecule has 4 rings (SSSR count). The van der Waals surface area contributed by atoms with Crippen molar-refractivity contribution in [3.63, 3.8) is 0 Å². The predicted octanol–water partition coefficient (Wildman–Crippen LogP) is 0.943. The molecule has 0 bridgehead atoms. The highest BCUT2D eigenvalue weighted by molar-refractivity contribution is 7.90. The van der Waals surface area contributed by atoms with Crippen LogP contribution in [-0.2, 0) is 9.84 Å². The maximum atomic E-state index is 12.7. The third kappa shape index (κ3) is 3.26. The van der Waals surface area contributed by atoms with Gasteiger partial charge in [0, 0.05) is 25.4 Å². The Balaban J connectivity index is 1.91. The summed E-state index contributed by atoms with van der Waals surface area (Å²) in [4.78, 5) is 38.9. The van der Waals surface area contributed by atoms with Crippen LogP contribution in [0.5, 0.6) is 0 Å². The third-order valence-electron chi connectivity index (χ3n) is 5.68. The lowest BCUT2D eigenvalue weighted by Crippen LogP contribution is -2.34. The molecule has 0 radical (unpaired) electrons. The molecule has 0 aliphatic carbocycles. The van der Waals surface area contributed by atoms with Crippen LogP contribution in [0.2, 0.25) is 0 Å². The molecule has 3 N–H and O–H groups in total. The Labute approximate surface area is 173 Å². The number of nitrogens with zero attached hydrogens (tertiary/aromatic N) is 2. The first-order valence-corrected chi connectivity index (χ1v) is 11.5. The van der Waals surface area contributed by atoms with Gasteiger partial charge in [-0.25, -0.2) is 8.42 Å². The van der Waals surface area contributed by atoms with E-state index in [4.69, 9.17) is 5.73 Å². The molecule has 1 saturated heterocycles. The van der Waals surface area contributed by atoms with Crippen molar-refractivity contribution in [2.75, 3.05) is 30.0 Å². The minimum absolute atomic E-state index is 0.0554. The normalized spacial score (nSPS) is 17.2. The van der Waals surface area contributed by atoms with Crippen molar-refractivity contribution in [1.82, 2.24) is 9.88 Å². The number of aromatic nitrogens is 1. The second-order valence-corrected chi connectivity index (χ2v) is 9.85. The largest absolute Gasteiger partial charge is 0.384 e. The highest BCUT2D eigenvalue weighted by Crippen LogP contribution is 2.32. The van der Waals surface area contributed by atoms with Crippen LogP contribution < -0.4 is 21.5 Å². The van der Waals surface area contributed by atoms with E-state index in [1.54, 1.807) is 6.07 Å². The molecule has 3 heterocycles. The van der Waals surface area contributed by atoms with Crippen LogP contribution in [0.4, 0.5) is 11.5 Å². The predicted molar refractivity (Wildman–Crippen MR) is 112 cm³/mol. The molecule has 10 heteroatoms. The molecule has 0 saturated carbocycles. The topological polar surface area (TPSA) is 132 Å². The van der Waals surface area contributed by atoms with Crippen LogP contribution in [0.1, 0.15) is 40.5 Å². The van der Waals surface area contributed by atoms with Crippen LogP contribution in [0.15, 0.2) is 34.0 Å². The molecule has 0 atom stereocenters. The van der Waals surface area contributed by atoms with Gasteiger partial charge in [0.15, 0.2) is 9.84 Å². The number of imide groups is 1. The van der Waals surface area contributed by atoms with Gasteiger partial charge in [0.2, 0.25) is 0 Å². The maximum Gasteiger partial charge on any atom is 0.262 e. The van der Waals surface area contributed by atoms with Gasteiger partial charge in [0.1, 0.15) is 5.82 Å². The zero-order valence-corrected chi connectivity index (χ0v) is 17.5. The Morgan fingerprint density at radius 3 is 2.37 bits per heavy atom. The Morgan fingerprint density at radius 1 is 1.07 bits per heavy atom. The summed E-state index contributed by atoms with van der Waals surface area (Å²) in [5.41, 5.74) is 6.23. The Kier molecular flexibility index (Phi) is 4.69. The van der Waals surface area contributed by atoms with E-state index in [-0.39, 0.29) is 21.8 Å². The molecule has 1 aromatic heterocycles. The average molecular weight is 430 g/mol. The van der Waals surface area contributed by atoms with Gasteiger partial charge >= 0.3 is 0 Å². The first-order chi connectivity index (χ1) is 14.1. The SMILES string of the molecule is CC1CCN(c2cc(-n3c(N)c4c(cc3=O)C(=O)NC4=O)ccc2S(C)(=O)=O)CC1. The zero-order valence-electron chi connectivity index (χ0n) is 16.6. The third-order valence-corrected chi connectivity index (χ3v) is 6.82. The van der Waals surface area contributed by atoms with Gasteiger partial charge in [-0.3, -0.25) is 24.3 Å². The Hall–Kier alpha value is -3.14. The van der Waals surface area contributed by atoms with E-state index >= 15 is 0 Å². The summed E-state index contributed by atoms with van der Waals surface area (Å²) in [7, 11) is -3.51. The van der Waals surface area contributed by atoms with Crippen LogP contribution in [0.25, 0.3) is 5.69 Å². The number of anilines is 2. The second kappa shape index (κ2) is 6.98. The molecule has 1 aromatic carbocycles. The molecular weight excluding hydrogens is 408 g/mol. The van der Waals surface area contributed by atoms with Gasteiger partial charge in [-0.15, -0.1) is 0 Å². The van der Waals surface area contributed by atoms with E-state index in [0.29, 0.717) is 30.4 Å². The number of pyridine rings is 1. The van der Waals surface area contributed by atoms with E-state index in [9.17, 15) is 22.8 Å². The van der Waals surface area contributed by atoms with Crippen LogP contribution in [0.3, 0.4) is 0 Å². The summed E-state index contributed by atoms with van der Waals surface area (Å²) in [5, 5.41) is 2.13. The lowest BCUT2D eigenvalue weighted by atomic mass is 9.99. The van der Waals surface area contributed by atoms with Crippen molar-refractivity contribution in [2.24, 2.45) is 5.92 Å². The number of rotatable bonds is 3. The average Bonchev–Trinajstić information content (AvgIpc) is 2.95. The van der Waals surface area contributed by atoms with Gasteiger partial charge in [0.25, 0.3) is 17.4 Å². The summed E-state index contributed by atoms with van der Waals surface area (Å²) in [6, 6.07) is 5.59. The minimum atomic E-state index is -3.51. The lowest BCUT2D eigenvalue weighted by Gasteiger charge is -2.33. The van der Waals surface area contributed by atoms with Gasteiger partial charge in [-0.1, -0.05) is 6.92 Å².